The van der Waals surface area contributed by atoms with Crippen LogP contribution >= 0.6 is 15.9 Å². The second-order valence-electron chi connectivity index (χ2n) is 5.63. The highest BCUT2D eigenvalue weighted by Gasteiger charge is 2.37. The lowest BCUT2D eigenvalue weighted by Gasteiger charge is -2.27. The number of β-amino-alcohol motifs (C(OH)–C–C–N with tert-alkyl or cyclic N) is 1. The van der Waals surface area contributed by atoms with Crippen LogP contribution < -0.4 is 4.90 Å². The molecule has 1 N–H and O–H groups in total. The van der Waals surface area contributed by atoms with E-state index in [0.717, 1.165) is 34.8 Å². The maximum atomic E-state index is 10.6. The maximum Gasteiger partial charge on any atom is 0.147 e. The van der Waals surface area contributed by atoms with E-state index < -0.39 is 5.60 Å². The Balaban J connectivity index is 2.22. The molecule has 2 heterocycles. The summed E-state index contributed by atoms with van der Waals surface area (Å²) in [5, 5.41) is 10.6. The number of likely N-dealkylation sites (N-methyl/N-ethyl adjacent to an activating group) is 1. The number of hydrogen-bond acceptors (Lipinski definition) is 5. The third-order valence-electron chi connectivity index (χ3n) is 3.35. The molecular weight excluding hydrogens is 308 g/mol. The first kappa shape index (κ1) is 14.7. The van der Waals surface area contributed by atoms with Crippen LogP contribution in [0.3, 0.4) is 0 Å². The molecule has 2 rings (SSSR count). The van der Waals surface area contributed by atoms with E-state index >= 15 is 0 Å². The zero-order valence-corrected chi connectivity index (χ0v) is 13.5. The van der Waals surface area contributed by atoms with Crippen LogP contribution in [-0.4, -0.2) is 59.3 Å². The van der Waals surface area contributed by atoms with E-state index in [-0.39, 0.29) is 0 Å². The predicted molar refractivity (Wildman–Crippen MR) is 79.5 cm³/mol. The van der Waals surface area contributed by atoms with Gasteiger partial charge in [0.1, 0.15) is 11.6 Å². The number of halogens is 1. The normalized spacial score (nSPS) is 23.4. The van der Waals surface area contributed by atoms with E-state index in [9.17, 15) is 5.11 Å². The molecule has 1 aromatic heterocycles. The van der Waals surface area contributed by atoms with Gasteiger partial charge in [0.25, 0.3) is 0 Å². The molecule has 0 aliphatic carbocycles. The molecule has 1 aliphatic rings. The molecule has 6 heteroatoms. The molecule has 0 radical (unpaired) electrons. The molecule has 0 spiro atoms. The topological polar surface area (TPSA) is 52.5 Å². The lowest BCUT2D eigenvalue weighted by atomic mass is 10.0. The van der Waals surface area contributed by atoms with E-state index in [1.54, 1.807) is 0 Å². The molecule has 1 aromatic rings. The fourth-order valence-electron chi connectivity index (χ4n) is 2.65. The highest BCUT2D eigenvalue weighted by atomic mass is 79.9. The first-order valence-corrected chi connectivity index (χ1v) is 7.23. The van der Waals surface area contributed by atoms with Crippen molar-refractivity contribution < 1.29 is 5.11 Å². The van der Waals surface area contributed by atoms with E-state index in [4.69, 9.17) is 0 Å². The zero-order chi connectivity index (χ0) is 14.2. The molecule has 0 aromatic carbocycles. The van der Waals surface area contributed by atoms with Gasteiger partial charge in [-0.3, -0.25) is 0 Å². The second kappa shape index (κ2) is 5.34. The number of rotatable bonds is 3. The van der Waals surface area contributed by atoms with E-state index in [2.05, 4.69) is 30.8 Å². The highest BCUT2D eigenvalue weighted by molar-refractivity contribution is 9.10. The zero-order valence-electron chi connectivity index (χ0n) is 11.9. The van der Waals surface area contributed by atoms with Gasteiger partial charge in [-0.1, -0.05) is 0 Å². The van der Waals surface area contributed by atoms with Gasteiger partial charge in [-0.2, -0.15) is 0 Å². The molecule has 106 valence electrons. The molecule has 0 bridgehead atoms. The van der Waals surface area contributed by atoms with E-state index in [0.29, 0.717) is 13.1 Å². The summed E-state index contributed by atoms with van der Waals surface area (Å²) in [5.41, 5.74) is 0.279. The molecule has 0 unspecified atom stereocenters. The molecule has 0 amide bonds. The first-order valence-electron chi connectivity index (χ1n) is 6.43. The Bertz CT molecular complexity index is 480. The van der Waals surface area contributed by atoms with Crippen LogP contribution in [0.15, 0.2) is 4.47 Å². The van der Waals surface area contributed by atoms with Crippen LogP contribution in [0, 0.1) is 13.8 Å². The summed E-state index contributed by atoms with van der Waals surface area (Å²) in [6.07, 6.45) is 0.764. The van der Waals surface area contributed by atoms with E-state index in [1.165, 1.54) is 0 Å². The number of hydrogen-bond donors (Lipinski definition) is 1. The van der Waals surface area contributed by atoms with Crippen LogP contribution in [-0.2, 0) is 0 Å². The van der Waals surface area contributed by atoms with Crippen molar-refractivity contribution in [2.75, 3.05) is 38.6 Å². The molecule has 19 heavy (non-hydrogen) atoms. The van der Waals surface area contributed by atoms with Gasteiger partial charge >= 0.3 is 0 Å². The Labute approximate surface area is 122 Å². The monoisotopic (exact) mass is 328 g/mol. The SMILES string of the molecule is Cc1nc(C)c(Br)c(N2CC[C@@](O)(CN(C)C)C2)n1. The Morgan fingerprint density at radius 2 is 2.05 bits per heavy atom. The van der Waals surface area contributed by atoms with Crippen LogP contribution in [0.25, 0.3) is 0 Å². The lowest BCUT2D eigenvalue weighted by molar-refractivity contribution is 0.0365. The van der Waals surface area contributed by atoms with Crippen molar-refractivity contribution in [2.24, 2.45) is 0 Å². The molecular formula is C13H21BrN4O. The number of aromatic nitrogens is 2. The fraction of sp³-hybridized carbons (Fsp3) is 0.692. The van der Waals surface area contributed by atoms with Gasteiger partial charge < -0.3 is 14.9 Å². The quantitative estimate of drug-likeness (QED) is 0.907. The predicted octanol–water partition coefficient (Wildman–Crippen LogP) is 1.36. The van der Waals surface area contributed by atoms with Crippen molar-refractivity contribution in [3.8, 4) is 0 Å². The maximum absolute atomic E-state index is 10.6. The van der Waals surface area contributed by atoms with Gasteiger partial charge in [0.2, 0.25) is 0 Å². The van der Waals surface area contributed by atoms with Crippen molar-refractivity contribution in [2.45, 2.75) is 25.9 Å². The van der Waals surface area contributed by atoms with Gasteiger partial charge in [-0.15, -0.1) is 0 Å². The molecule has 1 aliphatic heterocycles. The third kappa shape index (κ3) is 3.24. The molecule has 1 atom stereocenters. The minimum absolute atomic E-state index is 0.611. The number of anilines is 1. The summed E-state index contributed by atoms with van der Waals surface area (Å²) in [6, 6.07) is 0. The Morgan fingerprint density at radius 3 is 2.68 bits per heavy atom. The van der Waals surface area contributed by atoms with Gasteiger partial charge in [0.05, 0.1) is 15.8 Å². The Hall–Kier alpha value is -0.720. The van der Waals surface area contributed by atoms with Crippen molar-refractivity contribution in [1.29, 1.82) is 0 Å². The summed E-state index contributed by atoms with van der Waals surface area (Å²) in [7, 11) is 3.96. The van der Waals surface area contributed by atoms with Crippen LogP contribution in [0.5, 0.6) is 0 Å². The van der Waals surface area contributed by atoms with Gasteiger partial charge in [0.15, 0.2) is 0 Å². The van der Waals surface area contributed by atoms with Crippen molar-refractivity contribution in [3.63, 3.8) is 0 Å². The highest BCUT2D eigenvalue weighted by Crippen LogP contribution is 2.32. The lowest BCUT2D eigenvalue weighted by Crippen LogP contribution is -2.42. The average molecular weight is 329 g/mol. The molecule has 0 saturated carbocycles. The van der Waals surface area contributed by atoms with Crippen LogP contribution in [0.4, 0.5) is 5.82 Å². The first-order chi connectivity index (χ1) is 8.81. The fourth-order valence-corrected chi connectivity index (χ4v) is 3.07. The largest absolute Gasteiger partial charge is 0.387 e. The van der Waals surface area contributed by atoms with E-state index in [1.807, 2.05) is 32.8 Å². The standard InChI is InChI=1S/C13H21BrN4O/c1-9-11(14)12(16-10(2)15-9)18-6-5-13(19,8-18)7-17(3)4/h19H,5-8H2,1-4H3/t13-/m1/s1. The average Bonchev–Trinajstić information content (AvgIpc) is 2.64. The van der Waals surface area contributed by atoms with Crippen LogP contribution in [0.2, 0.25) is 0 Å². The molecule has 1 saturated heterocycles. The summed E-state index contributed by atoms with van der Waals surface area (Å²) in [5.74, 6) is 1.65. The number of aryl methyl sites for hydroxylation is 2. The van der Waals surface area contributed by atoms with Crippen molar-refractivity contribution >= 4 is 21.7 Å². The summed E-state index contributed by atoms with van der Waals surface area (Å²) >= 11 is 3.55. The summed E-state index contributed by atoms with van der Waals surface area (Å²) in [4.78, 5) is 13.0. The summed E-state index contributed by atoms with van der Waals surface area (Å²) in [6.45, 7) is 5.96. The Kier molecular flexibility index (Phi) is 4.13. The number of aliphatic hydroxyl groups is 1. The van der Waals surface area contributed by atoms with Gasteiger partial charge in [0, 0.05) is 19.6 Å². The minimum atomic E-state index is -0.657. The van der Waals surface area contributed by atoms with Gasteiger partial charge in [-0.25, -0.2) is 9.97 Å². The minimum Gasteiger partial charge on any atom is -0.387 e. The molecule has 5 nitrogen and oxygen atoms in total. The van der Waals surface area contributed by atoms with Crippen molar-refractivity contribution in [3.05, 3.63) is 16.0 Å². The number of nitrogens with zero attached hydrogens (tertiary/aromatic N) is 4. The summed E-state index contributed by atoms with van der Waals surface area (Å²) < 4.78 is 0.923. The van der Waals surface area contributed by atoms with Gasteiger partial charge in [-0.05, 0) is 50.3 Å². The van der Waals surface area contributed by atoms with Crippen molar-refractivity contribution in [1.82, 2.24) is 14.9 Å². The second-order valence-corrected chi connectivity index (χ2v) is 6.42. The Morgan fingerprint density at radius 1 is 1.37 bits per heavy atom. The molecule has 1 fully saturated rings. The third-order valence-corrected chi connectivity index (χ3v) is 4.28. The van der Waals surface area contributed by atoms with Crippen LogP contribution in [0.1, 0.15) is 17.9 Å². The smallest absolute Gasteiger partial charge is 0.147 e.